The molecule has 4 aromatic rings. The van der Waals surface area contributed by atoms with Crippen molar-refractivity contribution in [2.45, 2.75) is 5.75 Å². The van der Waals surface area contributed by atoms with Crippen LogP contribution in [0.15, 0.2) is 91.0 Å². The Hall–Kier alpha value is -3.24. The summed E-state index contributed by atoms with van der Waals surface area (Å²) in [6, 6.07) is 31.2. The Kier molecular flexibility index (Phi) is 5.54. The SMILES string of the molecule is NC(=O)CS(=O)Cc1cccc(-c2cccc(-c3ccc4ccccc4c3)c2)c1. The molecule has 0 aliphatic rings. The van der Waals surface area contributed by atoms with Gasteiger partial charge in [-0.3, -0.25) is 9.00 Å². The summed E-state index contributed by atoms with van der Waals surface area (Å²) in [5.74, 6) is -0.328. The van der Waals surface area contributed by atoms with Crippen LogP contribution in [0, 0.1) is 0 Å². The van der Waals surface area contributed by atoms with Crippen LogP contribution in [0.1, 0.15) is 5.56 Å². The molecule has 4 aromatic carbocycles. The molecule has 0 spiro atoms. The zero-order valence-electron chi connectivity index (χ0n) is 15.9. The van der Waals surface area contributed by atoms with Gasteiger partial charge in [-0.05, 0) is 50.7 Å². The first kappa shape index (κ1) is 19.1. The van der Waals surface area contributed by atoms with Gasteiger partial charge in [0.25, 0.3) is 0 Å². The van der Waals surface area contributed by atoms with Gasteiger partial charge in [0.1, 0.15) is 5.75 Å². The van der Waals surface area contributed by atoms with Crippen LogP contribution in [-0.2, 0) is 21.3 Å². The third-order valence-corrected chi connectivity index (χ3v) is 6.10. The molecule has 0 aromatic heterocycles. The normalized spacial score (nSPS) is 12.0. The van der Waals surface area contributed by atoms with Crippen molar-refractivity contribution < 1.29 is 9.00 Å². The lowest BCUT2D eigenvalue weighted by Crippen LogP contribution is -2.20. The van der Waals surface area contributed by atoms with E-state index in [1.165, 1.54) is 16.3 Å². The van der Waals surface area contributed by atoms with Gasteiger partial charge >= 0.3 is 0 Å². The zero-order chi connectivity index (χ0) is 20.2. The van der Waals surface area contributed by atoms with Crippen LogP contribution in [0.3, 0.4) is 0 Å². The van der Waals surface area contributed by atoms with Gasteiger partial charge < -0.3 is 5.73 Å². The maximum absolute atomic E-state index is 12.0. The van der Waals surface area contributed by atoms with Crippen molar-refractivity contribution in [2.75, 3.05) is 5.75 Å². The van der Waals surface area contributed by atoms with E-state index >= 15 is 0 Å². The molecule has 0 bridgehead atoms. The molecule has 144 valence electrons. The molecular weight excluding hydrogens is 378 g/mol. The molecular formula is C25H21NO2S. The Morgan fingerprint density at radius 1 is 0.690 bits per heavy atom. The van der Waals surface area contributed by atoms with Gasteiger partial charge in [-0.25, -0.2) is 0 Å². The van der Waals surface area contributed by atoms with Crippen LogP contribution in [0.4, 0.5) is 0 Å². The van der Waals surface area contributed by atoms with Crippen LogP contribution in [-0.4, -0.2) is 15.9 Å². The highest BCUT2D eigenvalue weighted by molar-refractivity contribution is 7.84. The number of amides is 1. The first-order valence-electron chi connectivity index (χ1n) is 9.40. The maximum atomic E-state index is 12.0. The van der Waals surface area contributed by atoms with E-state index in [0.29, 0.717) is 5.75 Å². The van der Waals surface area contributed by atoms with Gasteiger partial charge in [0.05, 0.1) is 0 Å². The highest BCUT2D eigenvalue weighted by atomic mass is 32.2. The van der Waals surface area contributed by atoms with Crippen molar-refractivity contribution >= 4 is 27.5 Å². The number of carbonyl (C=O) groups is 1. The van der Waals surface area contributed by atoms with Crippen LogP contribution in [0.25, 0.3) is 33.0 Å². The quantitative estimate of drug-likeness (QED) is 0.501. The molecule has 1 atom stereocenters. The predicted octanol–water partition coefficient (Wildman–Crippen LogP) is 4.91. The Labute approximate surface area is 172 Å². The molecule has 0 saturated heterocycles. The second kappa shape index (κ2) is 8.41. The molecule has 2 N–H and O–H groups in total. The average Bonchev–Trinajstić information content (AvgIpc) is 2.73. The molecule has 0 fully saturated rings. The summed E-state index contributed by atoms with van der Waals surface area (Å²) in [6.45, 7) is 0. The van der Waals surface area contributed by atoms with E-state index in [-0.39, 0.29) is 5.75 Å². The number of fused-ring (bicyclic) bond motifs is 1. The first-order valence-corrected chi connectivity index (χ1v) is 10.9. The Balaban J connectivity index is 1.64. The fourth-order valence-electron chi connectivity index (χ4n) is 3.48. The Morgan fingerprint density at radius 2 is 1.31 bits per heavy atom. The molecule has 4 heteroatoms. The van der Waals surface area contributed by atoms with E-state index in [9.17, 15) is 9.00 Å². The Morgan fingerprint density at radius 3 is 2.03 bits per heavy atom. The summed E-state index contributed by atoms with van der Waals surface area (Å²) in [5.41, 5.74) is 10.5. The second-order valence-corrected chi connectivity index (χ2v) is 8.49. The number of benzene rings is 4. The molecule has 0 radical (unpaired) electrons. The molecule has 4 rings (SSSR count). The molecule has 0 heterocycles. The van der Waals surface area contributed by atoms with Gasteiger partial charge in [0.2, 0.25) is 5.91 Å². The highest BCUT2D eigenvalue weighted by Crippen LogP contribution is 2.29. The number of nitrogens with two attached hydrogens (primary N) is 1. The molecule has 0 aliphatic carbocycles. The molecule has 29 heavy (non-hydrogen) atoms. The number of rotatable bonds is 6. The standard InChI is InChI=1S/C25H21NO2S/c26-25(27)17-29(28)16-18-5-3-8-20(13-18)22-9-4-10-23(15-22)24-12-11-19-6-1-2-7-21(19)14-24/h1-15H,16-17H2,(H2,26,27). The molecule has 3 nitrogen and oxygen atoms in total. The maximum Gasteiger partial charge on any atom is 0.230 e. The number of hydrogen-bond acceptors (Lipinski definition) is 2. The third-order valence-electron chi connectivity index (χ3n) is 4.84. The first-order chi connectivity index (χ1) is 14.1. The van der Waals surface area contributed by atoms with Crippen molar-refractivity contribution in [2.24, 2.45) is 5.73 Å². The van der Waals surface area contributed by atoms with Crippen LogP contribution >= 0.6 is 0 Å². The third kappa shape index (κ3) is 4.61. The lowest BCUT2D eigenvalue weighted by molar-refractivity contribution is -0.115. The van der Waals surface area contributed by atoms with E-state index in [1.54, 1.807) is 0 Å². The summed E-state index contributed by atoms with van der Waals surface area (Å²) >= 11 is 0. The zero-order valence-corrected chi connectivity index (χ0v) is 16.7. The van der Waals surface area contributed by atoms with Crippen LogP contribution in [0.5, 0.6) is 0 Å². The molecule has 0 aliphatic heterocycles. The fourth-order valence-corrected chi connectivity index (χ4v) is 4.45. The lowest BCUT2D eigenvalue weighted by Gasteiger charge is -2.09. The minimum atomic E-state index is -1.29. The fraction of sp³-hybridized carbons (Fsp3) is 0.0800. The van der Waals surface area contributed by atoms with Gasteiger partial charge in [-0.15, -0.1) is 0 Å². The number of carbonyl (C=O) groups excluding carboxylic acids is 1. The Bertz CT molecular complexity index is 1220. The van der Waals surface area contributed by atoms with Gasteiger partial charge in [-0.2, -0.15) is 0 Å². The van der Waals surface area contributed by atoms with Crippen molar-refractivity contribution in [1.82, 2.24) is 0 Å². The number of primary amides is 1. The summed E-state index contributed by atoms with van der Waals surface area (Å²) in [5, 5.41) is 2.44. The van der Waals surface area contributed by atoms with Crippen molar-refractivity contribution in [3.8, 4) is 22.3 Å². The molecule has 1 unspecified atom stereocenters. The van der Waals surface area contributed by atoms with E-state index < -0.39 is 16.7 Å². The minimum Gasteiger partial charge on any atom is -0.369 e. The van der Waals surface area contributed by atoms with Crippen molar-refractivity contribution in [3.05, 3.63) is 96.6 Å². The van der Waals surface area contributed by atoms with E-state index in [0.717, 1.165) is 22.3 Å². The van der Waals surface area contributed by atoms with Crippen molar-refractivity contribution in [3.63, 3.8) is 0 Å². The van der Waals surface area contributed by atoms with Crippen LogP contribution in [0.2, 0.25) is 0 Å². The second-order valence-electron chi connectivity index (χ2n) is 7.04. The highest BCUT2D eigenvalue weighted by Gasteiger charge is 2.08. The summed E-state index contributed by atoms with van der Waals surface area (Å²) in [4.78, 5) is 11.0. The van der Waals surface area contributed by atoms with Gasteiger partial charge in [0, 0.05) is 16.6 Å². The topological polar surface area (TPSA) is 60.2 Å². The smallest absolute Gasteiger partial charge is 0.230 e. The largest absolute Gasteiger partial charge is 0.369 e. The van der Waals surface area contributed by atoms with E-state index in [4.69, 9.17) is 5.73 Å². The molecule has 1 amide bonds. The lowest BCUT2D eigenvalue weighted by atomic mass is 9.97. The van der Waals surface area contributed by atoms with Crippen molar-refractivity contribution in [1.29, 1.82) is 0 Å². The average molecular weight is 400 g/mol. The summed E-state index contributed by atoms with van der Waals surface area (Å²) in [6.07, 6.45) is 0. The summed E-state index contributed by atoms with van der Waals surface area (Å²) in [7, 11) is -1.29. The van der Waals surface area contributed by atoms with Gasteiger partial charge in [0.15, 0.2) is 0 Å². The van der Waals surface area contributed by atoms with Crippen LogP contribution < -0.4 is 5.73 Å². The monoisotopic (exact) mass is 399 g/mol. The van der Waals surface area contributed by atoms with E-state index in [2.05, 4.69) is 60.7 Å². The molecule has 0 saturated carbocycles. The van der Waals surface area contributed by atoms with Gasteiger partial charge in [-0.1, -0.05) is 78.9 Å². The van der Waals surface area contributed by atoms with E-state index in [1.807, 2.05) is 30.3 Å². The predicted molar refractivity (Wildman–Crippen MR) is 121 cm³/mol. The minimum absolute atomic E-state index is 0.109. The number of hydrogen-bond donors (Lipinski definition) is 1. The summed E-state index contributed by atoms with van der Waals surface area (Å²) < 4.78 is 12.0.